The first-order chi connectivity index (χ1) is 14.0. The van der Waals surface area contributed by atoms with Gasteiger partial charge >= 0.3 is 6.03 Å². The van der Waals surface area contributed by atoms with E-state index >= 15 is 0 Å². The molecule has 0 bridgehead atoms. The van der Waals surface area contributed by atoms with Crippen LogP contribution < -0.4 is 5.06 Å². The van der Waals surface area contributed by atoms with E-state index in [-0.39, 0.29) is 6.04 Å². The van der Waals surface area contributed by atoms with E-state index in [4.69, 9.17) is 23.2 Å². The molecule has 0 radical (unpaired) electrons. The van der Waals surface area contributed by atoms with E-state index in [0.29, 0.717) is 22.3 Å². The van der Waals surface area contributed by atoms with E-state index in [1.165, 1.54) is 6.42 Å². The normalized spacial score (nSPS) is 14.9. The number of fused-ring (bicyclic) bond motifs is 1. The first-order valence-electron chi connectivity index (χ1n) is 9.69. The van der Waals surface area contributed by atoms with Crippen LogP contribution >= 0.6 is 23.2 Å². The number of nitrogens with zero attached hydrogens (tertiary/aromatic N) is 3. The third-order valence-electron chi connectivity index (χ3n) is 5.45. The van der Waals surface area contributed by atoms with Crippen LogP contribution in [0.15, 0.2) is 42.6 Å². The van der Waals surface area contributed by atoms with E-state index in [9.17, 15) is 10.0 Å². The molecule has 6 nitrogen and oxygen atoms in total. The van der Waals surface area contributed by atoms with Crippen molar-refractivity contribution in [2.45, 2.75) is 44.7 Å². The van der Waals surface area contributed by atoms with Crippen molar-refractivity contribution in [2.75, 3.05) is 5.06 Å². The minimum absolute atomic E-state index is 0.0676. The summed E-state index contributed by atoms with van der Waals surface area (Å²) in [7, 11) is 0. The first kappa shape index (κ1) is 20.0. The molecule has 1 aliphatic carbocycles. The Bertz CT molecular complexity index is 1020. The number of rotatable bonds is 4. The average molecular weight is 433 g/mol. The maximum absolute atomic E-state index is 13.3. The molecule has 2 aromatic carbocycles. The monoisotopic (exact) mass is 432 g/mol. The number of carbonyl (C=O) groups is 1. The van der Waals surface area contributed by atoms with Gasteiger partial charge in [-0.15, -0.1) is 0 Å². The molecular formula is C21H22Cl2N4O2. The van der Waals surface area contributed by atoms with Crippen LogP contribution in [0.2, 0.25) is 10.0 Å². The fourth-order valence-electron chi connectivity index (χ4n) is 3.87. The van der Waals surface area contributed by atoms with Crippen LogP contribution in [0.25, 0.3) is 10.9 Å². The van der Waals surface area contributed by atoms with Gasteiger partial charge in [0.25, 0.3) is 0 Å². The molecule has 1 aliphatic rings. The van der Waals surface area contributed by atoms with Gasteiger partial charge < -0.3 is 4.90 Å². The van der Waals surface area contributed by atoms with Gasteiger partial charge in [-0.05, 0) is 48.7 Å². The van der Waals surface area contributed by atoms with Crippen LogP contribution in [0.3, 0.4) is 0 Å². The van der Waals surface area contributed by atoms with Crippen LogP contribution in [0.5, 0.6) is 0 Å². The molecule has 0 saturated heterocycles. The summed E-state index contributed by atoms with van der Waals surface area (Å²) in [6.45, 7) is 0.353. The molecule has 0 unspecified atom stereocenters. The van der Waals surface area contributed by atoms with Gasteiger partial charge in [0.05, 0.1) is 27.4 Å². The van der Waals surface area contributed by atoms with Gasteiger partial charge in [-0.2, -0.15) is 10.2 Å². The Morgan fingerprint density at radius 3 is 2.66 bits per heavy atom. The number of anilines is 1. The average Bonchev–Trinajstić information content (AvgIpc) is 3.22. The number of amides is 2. The minimum atomic E-state index is -0.453. The van der Waals surface area contributed by atoms with Gasteiger partial charge in [-0.1, -0.05) is 48.5 Å². The van der Waals surface area contributed by atoms with Crippen molar-refractivity contribution < 1.29 is 10.0 Å². The van der Waals surface area contributed by atoms with Crippen LogP contribution in [-0.4, -0.2) is 32.4 Å². The van der Waals surface area contributed by atoms with Crippen LogP contribution in [-0.2, 0) is 6.54 Å². The zero-order valence-electron chi connectivity index (χ0n) is 15.8. The smallest absolute Gasteiger partial charge is 0.315 e. The zero-order chi connectivity index (χ0) is 20.4. The highest BCUT2D eigenvalue weighted by atomic mass is 35.5. The summed E-state index contributed by atoms with van der Waals surface area (Å²) in [6.07, 6.45) is 6.81. The third-order valence-corrected chi connectivity index (χ3v) is 6.19. The summed E-state index contributed by atoms with van der Waals surface area (Å²) in [5.41, 5.74) is 2.12. The Morgan fingerprint density at radius 1 is 1.10 bits per heavy atom. The SMILES string of the molecule is O=C(N(O)c1ccc2[nH]ncc2c1)N(Cc1ccc(Cl)c(Cl)c1)C1CCCCC1. The van der Waals surface area contributed by atoms with Crippen molar-refractivity contribution in [1.82, 2.24) is 15.1 Å². The number of halogens is 2. The van der Waals surface area contributed by atoms with Crippen molar-refractivity contribution in [3.63, 3.8) is 0 Å². The number of urea groups is 1. The van der Waals surface area contributed by atoms with Crippen molar-refractivity contribution in [1.29, 1.82) is 0 Å². The van der Waals surface area contributed by atoms with Crippen LogP contribution in [0, 0.1) is 0 Å². The lowest BCUT2D eigenvalue weighted by atomic mass is 9.94. The van der Waals surface area contributed by atoms with Gasteiger partial charge in [-0.3, -0.25) is 10.3 Å². The number of hydrogen-bond acceptors (Lipinski definition) is 3. The van der Waals surface area contributed by atoms with Gasteiger partial charge in [0.1, 0.15) is 0 Å². The minimum Gasteiger partial charge on any atom is -0.315 e. The van der Waals surface area contributed by atoms with Crippen molar-refractivity contribution >= 4 is 45.8 Å². The lowest BCUT2D eigenvalue weighted by Gasteiger charge is -2.36. The Labute approximate surface area is 179 Å². The van der Waals surface area contributed by atoms with Gasteiger partial charge in [-0.25, -0.2) is 4.79 Å². The maximum Gasteiger partial charge on any atom is 0.349 e. The second-order valence-electron chi connectivity index (χ2n) is 7.40. The molecule has 8 heteroatoms. The zero-order valence-corrected chi connectivity index (χ0v) is 17.3. The van der Waals surface area contributed by atoms with E-state index in [1.807, 2.05) is 6.07 Å². The van der Waals surface area contributed by atoms with E-state index < -0.39 is 6.03 Å². The Morgan fingerprint density at radius 2 is 1.90 bits per heavy atom. The molecule has 2 N–H and O–H groups in total. The molecule has 2 amide bonds. The van der Waals surface area contributed by atoms with Gasteiger partial charge in [0.15, 0.2) is 0 Å². The van der Waals surface area contributed by atoms with Crippen LogP contribution in [0.1, 0.15) is 37.7 Å². The molecule has 1 saturated carbocycles. The fourth-order valence-corrected chi connectivity index (χ4v) is 4.19. The largest absolute Gasteiger partial charge is 0.349 e. The summed E-state index contributed by atoms with van der Waals surface area (Å²) in [6, 6.07) is 10.2. The maximum atomic E-state index is 13.3. The molecular weight excluding hydrogens is 411 g/mol. The molecule has 4 rings (SSSR count). The summed E-state index contributed by atoms with van der Waals surface area (Å²) in [5, 5.41) is 20.0. The Kier molecular flexibility index (Phi) is 5.94. The van der Waals surface area contributed by atoms with Crippen molar-refractivity contribution in [3.05, 3.63) is 58.2 Å². The first-order valence-corrected chi connectivity index (χ1v) is 10.4. The molecule has 3 aromatic rings. The molecule has 1 fully saturated rings. The number of hydroxylamine groups is 1. The summed E-state index contributed by atoms with van der Waals surface area (Å²) in [4.78, 5) is 15.0. The number of aromatic nitrogens is 2. The number of benzene rings is 2. The standard InChI is InChI=1S/C21H22Cl2N4O2/c22-18-8-6-14(10-19(18)23)13-26(16-4-2-1-3-5-16)21(28)27(29)17-7-9-20-15(11-17)12-24-25-20/h6-12,16,29H,1-5,13H2,(H,24,25). The second kappa shape index (κ2) is 8.61. The Hall–Kier alpha value is -2.28. The fraction of sp³-hybridized carbons (Fsp3) is 0.333. The highest BCUT2D eigenvalue weighted by Crippen LogP contribution is 2.29. The highest BCUT2D eigenvalue weighted by molar-refractivity contribution is 6.42. The number of aromatic amines is 1. The molecule has 0 aliphatic heterocycles. The quantitative estimate of drug-likeness (QED) is 0.390. The summed E-state index contributed by atoms with van der Waals surface area (Å²) < 4.78 is 0. The van der Waals surface area contributed by atoms with Gasteiger partial charge in [0.2, 0.25) is 0 Å². The molecule has 1 aromatic heterocycles. The second-order valence-corrected chi connectivity index (χ2v) is 8.22. The molecule has 152 valence electrons. The third kappa shape index (κ3) is 4.34. The number of nitrogens with one attached hydrogen (secondary N) is 1. The summed E-state index contributed by atoms with van der Waals surface area (Å²) in [5.74, 6) is 0. The predicted molar refractivity (Wildman–Crippen MR) is 115 cm³/mol. The lowest BCUT2D eigenvalue weighted by molar-refractivity contribution is 0.129. The highest BCUT2D eigenvalue weighted by Gasteiger charge is 2.29. The molecule has 0 atom stereocenters. The Balaban J connectivity index is 1.61. The summed E-state index contributed by atoms with van der Waals surface area (Å²) >= 11 is 12.2. The van der Waals surface area contributed by atoms with E-state index in [1.54, 1.807) is 41.4 Å². The number of carbonyl (C=O) groups excluding carboxylic acids is 1. The molecule has 0 spiro atoms. The predicted octanol–water partition coefficient (Wildman–Crippen LogP) is 6.02. The number of hydrogen-bond donors (Lipinski definition) is 2. The molecule has 1 heterocycles. The number of H-pyrrole nitrogens is 1. The van der Waals surface area contributed by atoms with Gasteiger partial charge in [0, 0.05) is 18.0 Å². The van der Waals surface area contributed by atoms with E-state index in [0.717, 1.165) is 47.2 Å². The molecule has 29 heavy (non-hydrogen) atoms. The van der Waals surface area contributed by atoms with Crippen molar-refractivity contribution in [3.8, 4) is 0 Å². The lowest BCUT2D eigenvalue weighted by Crippen LogP contribution is -2.47. The van der Waals surface area contributed by atoms with E-state index in [2.05, 4.69) is 10.2 Å². The van der Waals surface area contributed by atoms with Crippen molar-refractivity contribution in [2.24, 2.45) is 0 Å². The topological polar surface area (TPSA) is 72.5 Å². The van der Waals surface area contributed by atoms with Crippen LogP contribution in [0.4, 0.5) is 10.5 Å².